The van der Waals surface area contributed by atoms with Gasteiger partial charge in [0.2, 0.25) is 0 Å². The molecule has 3 N–H and O–H groups in total. The van der Waals surface area contributed by atoms with Gasteiger partial charge in [-0.2, -0.15) is 8.42 Å². The SMILES string of the molecule is CCOC(=O)c1[nH]c(=O)[nH]c1CSS(=O)(=O)O.[Na+]. The van der Waals surface area contributed by atoms with Gasteiger partial charge in [0.15, 0.2) is 0 Å². The van der Waals surface area contributed by atoms with Crippen LogP contribution < -0.4 is 35.2 Å². The molecule has 0 unspecified atom stereocenters. The Morgan fingerprint density at radius 1 is 1.44 bits per heavy atom. The van der Waals surface area contributed by atoms with Gasteiger partial charge in [-0.1, -0.05) is 0 Å². The van der Waals surface area contributed by atoms with Crippen LogP contribution in [0.4, 0.5) is 0 Å². The van der Waals surface area contributed by atoms with Gasteiger partial charge in [0.05, 0.1) is 18.1 Å². The largest absolute Gasteiger partial charge is 1.00 e. The van der Waals surface area contributed by atoms with Crippen molar-refractivity contribution in [3.05, 3.63) is 21.9 Å². The molecule has 0 bridgehead atoms. The van der Waals surface area contributed by atoms with Gasteiger partial charge in [-0.05, 0) is 6.92 Å². The predicted octanol–water partition coefficient (Wildman–Crippen LogP) is -3.08. The predicted molar refractivity (Wildman–Crippen MR) is 60.2 cm³/mol. The number of nitrogens with one attached hydrogen (secondary N) is 2. The Morgan fingerprint density at radius 3 is 2.56 bits per heavy atom. The zero-order chi connectivity index (χ0) is 13.1. The smallest absolute Gasteiger partial charge is 0.461 e. The number of ether oxygens (including phenoxy) is 1. The zero-order valence-corrected chi connectivity index (χ0v) is 13.4. The van der Waals surface area contributed by atoms with Crippen LogP contribution in [0, 0.1) is 0 Å². The van der Waals surface area contributed by atoms with E-state index in [1.54, 1.807) is 6.92 Å². The fourth-order valence-corrected chi connectivity index (χ4v) is 2.32. The van der Waals surface area contributed by atoms with Gasteiger partial charge >= 0.3 is 50.4 Å². The molecular weight excluding hydrogens is 295 g/mol. The Balaban J connectivity index is 0.00000289. The van der Waals surface area contributed by atoms with Crippen molar-refractivity contribution in [2.75, 3.05) is 6.61 Å². The number of aromatic amines is 2. The minimum absolute atomic E-state index is 0. The van der Waals surface area contributed by atoms with Crippen LogP contribution in [-0.2, 0) is 19.6 Å². The Labute approximate surface area is 128 Å². The van der Waals surface area contributed by atoms with Gasteiger partial charge in [0, 0.05) is 10.8 Å². The van der Waals surface area contributed by atoms with E-state index in [1.807, 2.05) is 0 Å². The molecule has 8 nitrogen and oxygen atoms in total. The Kier molecular flexibility index (Phi) is 7.25. The summed E-state index contributed by atoms with van der Waals surface area (Å²) in [6.07, 6.45) is 0. The van der Waals surface area contributed by atoms with Gasteiger partial charge in [0.25, 0.3) is 0 Å². The number of hydrogen-bond acceptors (Lipinski definition) is 6. The number of H-pyrrole nitrogens is 2. The van der Waals surface area contributed by atoms with Crippen molar-refractivity contribution >= 4 is 25.9 Å². The molecule has 0 aliphatic heterocycles. The third-order valence-electron chi connectivity index (χ3n) is 1.64. The first kappa shape index (κ1) is 17.7. The first-order valence-corrected chi connectivity index (χ1v) is 7.38. The maximum atomic E-state index is 11.4. The molecule has 96 valence electrons. The van der Waals surface area contributed by atoms with Crippen molar-refractivity contribution in [1.29, 1.82) is 0 Å². The average Bonchev–Trinajstić information content (AvgIpc) is 2.56. The fraction of sp³-hybridized carbons (Fsp3) is 0.429. The van der Waals surface area contributed by atoms with Crippen molar-refractivity contribution in [3.8, 4) is 0 Å². The molecule has 0 fully saturated rings. The number of esters is 1. The van der Waals surface area contributed by atoms with E-state index in [-0.39, 0.29) is 64.1 Å². The average molecular weight is 305 g/mol. The van der Waals surface area contributed by atoms with Crippen LogP contribution in [0.5, 0.6) is 0 Å². The first-order valence-electron chi connectivity index (χ1n) is 4.43. The Morgan fingerprint density at radius 2 is 2.06 bits per heavy atom. The van der Waals surface area contributed by atoms with Gasteiger partial charge in [-0.15, -0.1) is 0 Å². The number of carbonyl (C=O) groups excluding carboxylic acids is 1. The van der Waals surface area contributed by atoms with E-state index in [4.69, 9.17) is 4.55 Å². The molecule has 11 heteroatoms. The molecule has 0 aliphatic carbocycles. The summed E-state index contributed by atoms with van der Waals surface area (Å²) in [5.41, 5.74) is -0.747. The van der Waals surface area contributed by atoms with Crippen LogP contribution in [0.3, 0.4) is 0 Å². The summed E-state index contributed by atoms with van der Waals surface area (Å²) in [7, 11) is -4.06. The summed E-state index contributed by atoms with van der Waals surface area (Å²) in [6, 6.07) is 0. The summed E-state index contributed by atoms with van der Waals surface area (Å²) in [5.74, 6) is -1.04. The van der Waals surface area contributed by atoms with Crippen LogP contribution >= 0.6 is 10.8 Å². The normalized spacial score (nSPS) is 10.8. The second kappa shape index (κ2) is 7.36. The molecule has 0 atom stereocenters. The Hall–Kier alpha value is -0.260. The minimum Gasteiger partial charge on any atom is -0.461 e. The molecular formula is C7H10N2NaO6S2+. The maximum Gasteiger partial charge on any atom is 1.00 e. The fourth-order valence-electron chi connectivity index (χ4n) is 1.04. The molecule has 0 radical (unpaired) electrons. The molecule has 0 aromatic carbocycles. The molecule has 0 aliphatic rings. The summed E-state index contributed by atoms with van der Waals surface area (Å²) in [6.45, 7) is 1.71. The molecule has 18 heavy (non-hydrogen) atoms. The third kappa shape index (κ3) is 5.59. The van der Waals surface area contributed by atoms with Gasteiger partial charge in [-0.25, -0.2) is 9.59 Å². The summed E-state index contributed by atoms with van der Waals surface area (Å²) >= 11 is 0. The second-order valence-corrected chi connectivity index (χ2v) is 6.19. The van der Waals surface area contributed by atoms with Crippen molar-refractivity contribution in [2.45, 2.75) is 12.7 Å². The van der Waals surface area contributed by atoms with Crippen molar-refractivity contribution in [3.63, 3.8) is 0 Å². The van der Waals surface area contributed by atoms with Crippen LogP contribution in [0.2, 0.25) is 0 Å². The quantitative estimate of drug-likeness (QED) is 0.228. The van der Waals surface area contributed by atoms with E-state index in [0.29, 0.717) is 0 Å². The van der Waals surface area contributed by atoms with Crippen molar-refractivity contribution in [1.82, 2.24) is 9.97 Å². The molecule has 1 aromatic rings. The topological polar surface area (TPSA) is 129 Å². The van der Waals surface area contributed by atoms with Gasteiger partial charge in [-0.3, -0.25) is 9.54 Å². The third-order valence-corrected chi connectivity index (χ3v) is 3.59. The van der Waals surface area contributed by atoms with Crippen LogP contribution in [-0.4, -0.2) is 35.5 Å². The molecule has 1 rings (SSSR count). The van der Waals surface area contributed by atoms with E-state index in [9.17, 15) is 18.0 Å². The van der Waals surface area contributed by atoms with E-state index in [2.05, 4.69) is 14.7 Å². The number of rotatable bonds is 5. The van der Waals surface area contributed by atoms with Crippen molar-refractivity contribution in [2.24, 2.45) is 0 Å². The molecule has 0 amide bonds. The molecule has 0 saturated carbocycles. The first-order chi connectivity index (χ1) is 7.83. The summed E-state index contributed by atoms with van der Waals surface area (Å²) in [4.78, 5) is 26.8. The minimum atomic E-state index is -4.24. The monoisotopic (exact) mass is 305 g/mol. The molecule has 1 aromatic heterocycles. The van der Waals surface area contributed by atoms with Crippen LogP contribution in [0.15, 0.2) is 4.79 Å². The van der Waals surface area contributed by atoms with E-state index in [0.717, 1.165) is 0 Å². The molecule has 0 saturated heterocycles. The Bertz CT molecular complexity index is 563. The van der Waals surface area contributed by atoms with Gasteiger partial charge < -0.3 is 9.72 Å². The summed E-state index contributed by atoms with van der Waals surface area (Å²) < 4.78 is 34.2. The number of hydrogen-bond donors (Lipinski definition) is 3. The number of carbonyl (C=O) groups is 1. The number of aromatic nitrogens is 2. The molecule has 0 spiro atoms. The van der Waals surface area contributed by atoms with E-state index >= 15 is 0 Å². The van der Waals surface area contributed by atoms with E-state index < -0.39 is 20.8 Å². The molecule has 1 heterocycles. The number of imidazole rings is 1. The maximum absolute atomic E-state index is 11.4. The zero-order valence-electron chi connectivity index (χ0n) is 9.72. The standard InChI is InChI=1S/C7H10N2O6S2.Na/c1-2-15-6(10)5-4(8-7(11)9-5)3-16-17(12,13)14;/h2-3H2,1H3,(H2,8,9,11)(H,12,13,14);/q;+1. The van der Waals surface area contributed by atoms with E-state index in [1.165, 1.54) is 0 Å². The van der Waals surface area contributed by atoms with Crippen molar-refractivity contribution < 1.29 is 52.1 Å². The van der Waals surface area contributed by atoms with Crippen LogP contribution in [0.1, 0.15) is 23.1 Å². The second-order valence-electron chi connectivity index (χ2n) is 2.84. The van der Waals surface area contributed by atoms with Gasteiger partial charge in [0.1, 0.15) is 5.69 Å². The van der Waals surface area contributed by atoms with Crippen LogP contribution in [0.25, 0.3) is 0 Å². The summed E-state index contributed by atoms with van der Waals surface area (Å²) in [5, 5.41) is 0.